The number of hydrogen-bond acceptors (Lipinski definition) is 8. The molecule has 192 valence electrons. The summed E-state index contributed by atoms with van der Waals surface area (Å²) in [5.74, 6) is -0.395. The highest BCUT2D eigenvalue weighted by atomic mass is 19.1. The molecule has 0 radical (unpaired) electrons. The van der Waals surface area contributed by atoms with Crippen LogP contribution < -0.4 is 22.1 Å². The minimum atomic E-state index is -0.658. The number of pyridine rings is 1. The van der Waals surface area contributed by atoms with Crippen LogP contribution in [0.25, 0.3) is 22.1 Å². The fourth-order valence-corrected chi connectivity index (χ4v) is 5.64. The Balaban J connectivity index is 1.09. The number of halogens is 1. The first-order chi connectivity index (χ1) is 17.9. The van der Waals surface area contributed by atoms with Gasteiger partial charge in [-0.1, -0.05) is 0 Å². The van der Waals surface area contributed by atoms with Gasteiger partial charge in [-0.2, -0.15) is 0 Å². The summed E-state index contributed by atoms with van der Waals surface area (Å²) in [6, 6.07) is 8.17. The normalized spacial score (nSPS) is 19.0. The maximum atomic E-state index is 13.7. The zero-order valence-corrected chi connectivity index (χ0v) is 20.0. The molecule has 3 aromatic heterocycles. The van der Waals surface area contributed by atoms with Crippen molar-refractivity contribution in [2.24, 2.45) is 5.92 Å². The molecule has 1 fully saturated rings. The van der Waals surface area contributed by atoms with E-state index >= 15 is 0 Å². The molecule has 2 atom stereocenters. The Morgan fingerprint density at radius 1 is 1.11 bits per heavy atom. The van der Waals surface area contributed by atoms with Crippen LogP contribution in [0, 0.1) is 11.7 Å². The molecule has 6 rings (SSSR count). The second-order valence-electron chi connectivity index (χ2n) is 9.82. The smallest absolute Gasteiger partial charge is 0.338 e. The Bertz CT molecular complexity index is 1670. The van der Waals surface area contributed by atoms with Crippen LogP contribution >= 0.6 is 0 Å². The molecule has 0 aliphatic carbocycles. The van der Waals surface area contributed by atoms with E-state index in [1.165, 1.54) is 36.5 Å². The molecule has 4 aromatic rings. The minimum Gasteiger partial charge on any atom is -0.423 e. The number of benzene rings is 1. The number of likely N-dealkylation sites (tertiary alicyclic amines) is 1. The second-order valence-corrected chi connectivity index (χ2v) is 9.82. The standard InChI is InChI=1S/C26H26FN5O5/c27-16-1-3-22-18(9-16)20(10-25(36)37-22)28-11-21(33)15-5-7-30(8-6-15)13-17-14-31-23(34)4-2-19-26(31)32(17)24(35)12-29-19/h1-4,9-10,12,15,17,21,28,33H,5-8,11,13-14H2. The lowest BCUT2D eigenvalue weighted by Gasteiger charge is -2.35. The van der Waals surface area contributed by atoms with Crippen LogP contribution in [0.1, 0.15) is 18.9 Å². The third kappa shape index (κ3) is 4.34. The van der Waals surface area contributed by atoms with E-state index in [0.717, 1.165) is 25.9 Å². The van der Waals surface area contributed by atoms with Crippen LogP contribution in [-0.4, -0.2) is 56.4 Å². The summed E-state index contributed by atoms with van der Waals surface area (Å²) in [5.41, 5.74) is 0.997. The van der Waals surface area contributed by atoms with E-state index in [4.69, 9.17) is 4.42 Å². The number of nitrogens with zero attached hydrogens (tertiary/aromatic N) is 4. The number of rotatable bonds is 6. The van der Waals surface area contributed by atoms with E-state index in [1.807, 2.05) is 0 Å². The van der Waals surface area contributed by atoms with Gasteiger partial charge in [0.05, 0.1) is 24.0 Å². The second kappa shape index (κ2) is 9.24. The van der Waals surface area contributed by atoms with Crippen LogP contribution in [0.15, 0.2) is 61.4 Å². The van der Waals surface area contributed by atoms with Crippen molar-refractivity contribution in [3.05, 3.63) is 79.5 Å². The summed E-state index contributed by atoms with van der Waals surface area (Å²) in [4.78, 5) is 43.3. The average molecular weight is 508 g/mol. The number of aromatic nitrogens is 3. The molecule has 0 amide bonds. The Hall–Kier alpha value is -3.83. The number of aliphatic hydroxyl groups excluding tert-OH is 1. The van der Waals surface area contributed by atoms with Gasteiger partial charge in [0, 0.05) is 37.2 Å². The molecule has 2 N–H and O–H groups in total. The molecule has 11 heteroatoms. The van der Waals surface area contributed by atoms with Crippen molar-refractivity contribution in [2.75, 3.05) is 31.5 Å². The molecule has 2 unspecified atom stereocenters. The summed E-state index contributed by atoms with van der Waals surface area (Å²) in [5, 5.41) is 14.4. The van der Waals surface area contributed by atoms with Gasteiger partial charge in [0.2, 0.25) is 0 Å². The van der Waals surface area contributed by atoms with Gasteiger partial charge in [-0.25, -0.2) is 14.2 Å². The highest BCUT2D eigenvalue weighted by molar-refractivity contribution is 5.89. The molecule has 0 saturated carbocycles. The summed E-state index contributed by atoms with van der Waals surface area (Å²) in [7, 11) is 0. The molecule has 1 saturated heterocycles. The Kier molecular flexibility index (Phi) is 5.88. The predicted octanol–water partition coefficient (Wildman–Crippen LogP) is 1.54. The lowest BCUT2D eigenvalue weighted by Crippen LogP contribution is -2.42. The highest BCUT2D eigenvalue weighted by Crippen LogP contribution is 2.27. The first kappa shape index (κ1) is 23.6. The van der Waals surface area contributed by atoms with E-state index in [1.54, 1.807) is 15.2 Å². The van der Waals surface area contributed by atoms with Crippen molar-refractivity contribution in [3.8, 4) is 0 Å². The molecular weight excluding hydrogens is 481 g/mol. The topological polar surface area (TPSA) is 123 Å². The summed E-state index contributed by atoms with van der Waals surface area (Å²) in [6.45, 7) is 2.76. The van der Waals surface area contributed by atoms with Crippen molar-refractivity contribution >= 4 is 27.8 Å². The molecule has 2 aliphatic heterocycles. The molecule has 0 bridgehead atoms. The lowest BCUT2D eigenvalue weighted by molar-refractivity contribution is 0.0632. The van der Waals surface area contributed by atoms with Crippen LogP contribution in [-0.2, 0) is 6.54 Å². The average Bonchev–Trinajstić information content (AvgIpc) is 3.28. The van der Waals surface area contributed by atoms with Gasteiger partial charge in [0.1, 0.15) is 22.6 Å². The largest absolute Gasteiger partial charge is 0.423 e. The Morgan fingerprint density at radius 3 is 2.73 bits per heavy atom. The van der Waals surface area contributed by atoms with Crippen LogP contribution in [0.5, 0.6) is 0 Å². The lowest BCUT2D eigenvalue weighted by atomic mass is 9.91. The quantitative estimate of drug-likeness (QED) is 0.377. The Labute approximate surface area is 209 Å². The number of hydrogen-bond donors (Lipinski definition) is 2. The van der Waals surface area contributed by atoms with Crippen LogP contribution in [0.2, 0.25) is 0 Å². The number of aliphatic hydroxyl groups is 1. The van der Waals surface area contributed by atoms with Gasteiger partial charge < -0.3 is 19.7 Å². The van der Waals surface area contributed by atoms with E-state index in [9.17, 15) is 23.9 Å². The molecule has 5 heterocycles. The summed E-state index contributed by atoms with van der Waals surface area (Å²) >= 11 is 0. The molecule has 1 aromatic carbocycles. The van der Waals surface area contributed by atoms with Gasteiger partial charge in [0.25, 0.3) is 11.1 Å². The van der Waals surface area contributed by atoms with Crippen molar-refractivity contribution in [3.63, 3.8) is 0 Å². The van der Waals surface area contributed by atoms with E-state index in [0.29, 0.717) is 35.3 Å². The van der Waals surface area contributed by atoms with Gasteiger partial charge in [-0.3, -0.25) is 18.7 Å². The van der Waals surface area contributed by atoms with Crippen LogP contribution in [0.4, 0.5) is 10.1 Å². The van der Waals surface area contributed by atoms with Crippen molar-refractivity contribution in [1.29, 1.82) is 0 Å². The minimum absolute atomic E-state index is 0.0469. The van der Waals surface area contributed by atoms with Gasteiger partial charge in [-0.15, -0.1) is 0 Å². The van der Waals surface area contributed by atoms with E-state index in [2.05, 4.69) is 15.2 Å². The zero-order chi connectivity index (χ0) is 25.7. The summed E-state index contributed by atoms with van der Waals surface area (Å²) in [6.07, 6.45) is 2.17. The molecule has 37 heavy (non-hydrogen) atoms. The number of nitrogens with one attached hydrogen (secondary N) is 1. The summed E-state index contributed by atoms with van der Waals surface area (Å²) < 4.78 is 22.2. The first-order valence-electron chi connectivity index (χ1n) is 12.4. The monoisotopic (exact) mass is 507 g/mol. The number of anilines is 1. The maximum Gasteiger partial charge on any atom is 0.338 e. The SMILES string of the molecule is O=c1cc(NCC(O)C2CCN(CC3Cn4c(=O)ccc5ncc(=O)n3c54)CC2)c2cc(F)ccc2o1. The fraction of sp³-hybridized carbons (Fsp3) is 0.385. The molecule has 2 aliphatic rings. The maximum absolute atomic E-state index is 13.7. The first-order valence-corrected chi connectivity index (χ1v) is 12.4. The van der Waals surface area contributed by atoms with Gasteiger partial charge >= 0.3 is 5.63 Å². The molecule has 10 nitrogen and oxygen atoms in total. The molecular formula is C26H26FN5O5. The van der Waals surface area contributed by atoms with Crippen molar-refractivity contribution in [1.82, 2.24) is 19.0 Å². The highest BCUT2D eigenvalue weighted by Gasteiger charge is 2.31. The predicted molar refractivity (Wildman–Crippen MR) is 135 cm³/mol. The van der Waals surface area contributed by atoms with Crippen molar-refractivity contribution in [2.45, 2.75) is 31.5 Å². The van der Waals surface area contributed by atoms with E-state index < -0.39 is 17.5 Å². The zero-order valence-electron chi connectivity index (χ0n) is 20.0. The van der Waals surface area contributed by atoms with Crippen LogP contribution in [0.3, 0.4) is 0 Å². The molecule has 0 spiro atoms. The number of fused-ring (bicyclic) bond motifs is 1. The fourth-order valence-electron chi connectivity index (χ4n) is 5.64. The van der Waals surface area contributed by atoms with Gasteiger partial charge in [-0.05, 0) is 56.1 Å². The number of piperidine rings is 1. The third-order valence-corrected chi connectivity index (χ3v) is 7.52. The van der Waals surface area contributed by atoms with E-state index in [-0.39, 0.29) is 35.2 Å². The van der Waals surface area contributed by atoms with Crippen molar-refractivity contribution < 1.29 is 13.9 Å². The third-order valence-electron chi connectivity index (χ3n) is 7.52. The van der Waals surface area contributed by atoms with Gasteiger partial charge in [0.15, 0.2) is 0 Å². The Morgan fingerprint density at radius 2 is 1.92 bits per heavy atom.